The van der Waals surface area contributed by atoms with Crippen molar-refractivity contribution in [1.82, 2.24) is 20.1 Å². The van der Waals surface area contributed by atoms with Gasteiger partial charge in [0.2, 0.25) is 5.82 Å². The van der Waals surface area contributed by atoms with Crippen LogP contribution < -0.4 is 9.39 Å². The fourth-order valence-electron chi connectivity index (χ4n) is 3.15. The van der Waals surface area contributed by atoms with Crippen LogP contribution in [0, 0.1) is 6.92 Å². The quantitative estimate of drug-likeness (QED) is 0.644. The van der Waals surface area contributed by atoms with Crippen molar-refractivity contribution in [2.45, 2.75) is 25.8 Å². The number of amides is 1. The fourth-order valence-corrected chi connectivity index (χ4v) is 3.15. The van der Waals surface area contributed by atoms with Crippen LogP contribution in [-0.2, 0) is 6.42 Å². The first kappa shape index (κ1) is 17.3. The van der Waals surface area contributed by atoms with E-state index in [0.29, 0.717) is 31.7 Å². The Kier molecular flexibility index (Phi) is 4.23. The van der Waals surface area contributed by atoms with E-state index in [1.165, 1.54) is 4.90 Å². The summed E-state index contributed by atoms with van der Waals surface area (Å²) in [6.45, 7) is 2.30. The molecule has 2 aliphatic rings. The monoisotopic (exact) mass is 372 g/mol. The molecule has 2 aliphatic heterocycles. The second-order valence-electron chi connectivity index (χ2n) is 6.54. The Hall–Kier alpha value is -3.08. The van der Waals surface area contributed by atoms with Crippen LogP contribution in [-0.4, -0.2) is 68.4 Å². The van der Waals surface area contributed by atoms with E-state index in [1.807, 2.05) is 0 Å². The number of ether oxygens (including phenoxy) is 1. The molecule has 3 heterocycles. The molecule has 2 aromatic rings. The van der Waals surface area contributed by atoms with E-state index in [0.717, 1.165) is 5.56 Å². The van der Waals surface area contributed by atoms with Crippen LogP contribution in [0.25, 0.3) is 0 Å². The number of nitrogens with zero attached hydrogens (tertiary/aromatic N) is 3. The standard InChI is InChI=1S/C16H17BN4O6/c1-8-18-14(20-19-8)15(22)21-6-10(7-21)26-11-3-2-9-4-5-17(25)27-13(9)12(11)16(23)24/h2-3,10,25H,4-7H2,1H3,(H,23,24)(H,18,19,20). The number of carbonyl (C=O) groups is 2. The summed E-state index contributed by atoms with van der Waals surface area (Å²) < 4.78 is 11.1. The molecule has 0 unspecified atom stereocenters. The van der Waals surface area contributed by atoms with E-state index in [4.69, 9.17) is 9.39 Å². The molecule has 4 rings (SSSR count). The number of hydrogen-bond donors (Lipinski definition) is 3. The number of H-pyrrole nitrogens is 1. The van der Waals surface area contributed by atoms with Crippen molar-refractivity contribution in [1.29, 1.82) is 0 Å². The van der Waals surface area contributed by atoms with Gasteiger partial charge in [-0.25, -0.2) is 9.78 Å². The zero-order valence-electron chi connectivity index (χ0n) is 14.5. The van der Waals surface area contributed by atoms with Crippen molar-refractivity contribution >= 4 is 19.0 Å². The SMILES string of the molecule is Cc1nc(C(=O)N2CC(Oc3ccc4c(c3C(=O)O)OB(O)CC4)C2)n[nH]1. The third kappa shape index (κ3) is 3.21. The van der Waals surface area contributed by atoms with Gasteiger partial charge in [-0.2, -0.15) is 0 Å². The minimum atomic E-state index is -1.19. The molecule has 0 bridgehead atoms. The minimum absolute atomic E-state index is 0.0911. The predicted octanol–water partition coefficient (Wildman–Crippen LogP) is 0.130. The molecule has 1 saturated heterocycles. The molecule has 10 nitrogen and oxygen atoms in total. The summed E-state index contributed by atoms with van der Waals surface area (Å²) in [5, 5.41) is 25.7. The van der Waals surface area contributed by atoms with Gasteiger partial charge in [0, 0.05) is 0 Å². The molecule has 0 aliphatic carbocycles. The third-order valence-corrected chi connectivity index (χ3v) is 4.55. The Labute approximate surface area is 154 Å². The first-order valence-electron chi connectivity index (χ1n) is 8.51. The molecule has 0 radical (unpaired) electrons. The number of aromatic nitrogens is 3. The van der Waals surface area contributed by atoms with Crippen molar-refractivity contribution in [3.63, 3.8) is 0 Å². The van der Waals surface area contributed by atoms with Crippen molar-refractivity contribution in [3.05, 3.63) is 34.9 Å². The summed E-state index contributed by atoms with van der Waals surface area (Å²) >= 11 is 0. The van der Waals surface area contributed by atoms with Gasteiger partial charge in [0.05, 0.1) is 13.1 Å². The fraction of sp³-hybridized carbons (Fsp3) is 0.375. The topological polar surface area (TPSA) is 138 Å². The number of aromatic amines is 1. The zero-order valence-corrected chi connectivity index (χ0v) is 14.5. The molecule has 1 aromatic heterocycles. The number of fused-ring (bicyclic) bond motifs is 1. The van der Waals surface area contributed by atoms with E-state index in [9.17, 15) is 19.7 Å². The molecule has 1 fully saturated rings. The molecular weight excluding hydrogens is 355 g/mol. The number of carbonyl (C=O) groups excluding carboxylic acids is 1. The van der Waals surface area contributed by atoms with Crippen LogP contribution in [0.2, 0.25) is 6.32 Å². The van der Waals surface area contributed by atoms with E-state index in [-0.39, 0.29) is 34.9 Å². The van der Waals surface area contributed by atoms with Crippen LogP contribution in [0.4, 0.5) is 0 Å². The van der Waals surface area contributed by atoms with Gasteiger partial charge in [-0.05, 0) is 31.3 Å². The minimum Gasteiger partial charge on any atom is -0.535 e. The van der Waals surface area contributed by atoms with Gasteiger partial charge in [-0.1, -0.05) is 6.07 Å². The smallest absolute Gasteiger partial charge is 0.522 e. The maximum atomic E-state index is 12.2. The summed E-state index contributed by atoms with van der Waals surface area (Å²) in [4.78, 5) is 29.5. The maximum Gasteiger partial charge on any atom is 0.522 e. The van der Waals surface area contributed by atoms with E-state index in [1.54, 1.807) is 19.1 Å². The molecule has 27 heavy (non-hydrogen) atoms. The molecule has 0 saturated carbocycles. The average Bonchev–Trinajstić information content (AvgIpc) is 3.02. The maximum absolute atomic E-state index is 12.2. The molecule has 1 aromatic carbocycles. The molecule has 0 spiro atoms. The number of aromatic carboxylic acids is 1. The number of rotatable bonds is 4. The lowest BCUT2D eigenvalue weighted by molar-refractivity contribution is 0.0160. The Morgan fingerprint density at radius 3 is 2.85 bits per heavy atom. The van der Waals surface area contributed by atoms with Gasteiger partial charge in [0.1, 0.15) is 29.0 Å². The van der Waals surface area contributed by atoms with Gasteiger partial charge in [0.25, 0.3) is 5.91 Å². The number of carboxylic acid groups (broad SMARTS) is 1. The lowest BCUT2D eigenvalue weighted by Gasteiger charge is -2.38. The van der Waals surface area contributed by atoms with Crippen LogP contribution in [0.1, 0.15) is 32.4 Å². The van der Waals surface area contributed by atoms with Crippen molar-refractivity contribution in [2.75, 3.05) is 13.1 Å². The Morgan fingerprint density at radius 2 is 2.19 bits per heavy atom. The van der Waals surface area contributed by atoms with Gasteiger partial charge >= 0.3 is 13.1 Å². The van der Waals surface area contributed by atoms with Gasteiger partial charge in [-0.3, -0.25) is 9.89 Å². The second kappa shape index (κ2) is 6.58. The summed E-state index contributed by atoms with van der Waals surface area (Å²) in [5.41, 5.74) is 0.607. The van der Waals surface area contributed by atoms with Gasteiger partial charge in [-0.15, -0.1) is 5.10 Å². The molecule has 0 atom stereocenters. The molecule has 3 N–H and O–H groups in total. The first-order chi connectivity index (χ1) is 12.9. The average molecular weight is 372 g/mol. The Balaban J connectivity index is 1.47. The predicted molar refractivity (Wildman–Crippen MR) is 92.0 cm³/mol. The highest BCUT2D eigenvalue weighted by Crippen LogP contribution is 2.37. The molecule has 11 heteroatoms. The van der Waals surface area contributed by atoms with Crippen LogP contribution >= 0.6 is 0 Å². The third-order valence-electron chi connectivity index (χ3n) is 4.55. The highest BCUT2D eigenvalue weighted by atomic mass is 16.5. The van der Waals surface area contributed by atoms with Crippen LogP contribution in [0.3, 0.4) is 0 Å². The second-order valence-corrected chi connectivity index (χ2v) is 6.54. The normalized spacial score (nSPS) is 16.4. The number of hydrogen-bond acceptors (Lipinski definition) is 7. The molecular formula is C16H17BN4O6. The van der Waals surface area contributed by atoms with Crippen LogP contribution in [0.15, 0.2) is 12.1 Å². The summed E-state index contributed by atoms with van der Waals surface area (Å²) in [6, 6.07) is 3.33. The van der Waals surface area contributed by atoms with E-state index < -0.39 is 13.1 Å². The lowest BCUT2D eigenvalue weighted by atomic mass is 9.78. The Morgan fingerprint density at radius 1 is 1.41 bits per heavy atom. The highest BCUT2D eigenvalue weighted by Gasteiger charge is 2.36. The molecule has 1 amide bonds. The summed E-state index contributed by atoms with van der Waals surface area (Å²) in [5.74, 6) is -0.570. The van der Waals surface area contributed by atoms with E-state index in [2.05, 4.69) is 15.2 Å². The highest BCUT2D eigenvalue weighted by molar-refractivity contribution is 6.44. The van der Waals surface area contributed by atoms with Gasteiger partial charge < -0.3 is 24.4 Å². The van der Waals surface area contributed by atoms with E-state index >= 15 is 0 Å². The first-order valence-corrected chi connectivity index (χ1v) is 8.51. The zero-order chi connectivity index (χ0) is 19.1. The number of benzene rings is 1. The largest absolute Gasteiger partial charge is 0.535 e. The summed E-state index contributed by atoms with van der Waals surface area (Å²) in [7, 11) is -1.03. The summed E-state index contributed by atoms with van der Waals surface area (Å²) in [6.07, 6.45) is 0.588. The number of aryl methyl sites for hydroxylation is 2. The van der Waals surface area contributed by atoms with Crippen molar-refractivity contribution < 1.29 is 29.1 Å². The number of carboxylic acids is 1. The molecule has 140 valence electrons. The van der Waals surface area contributed by atoms with Crippen molar-refractivity contribution in [3.8, 4) is 11.5 Å². The Bertz CT molecular complexity index is 910. The van der Waals surface area contributed by atoms with Crippen molar-refractivity contribution in [2.24, 2.45) is 0 Å². The van der Waals surface area contributed by atoms with Crippen LogP contribution in [0.5, 0.6) is 11.5 Å². The van der Waals surface area contributed by atoms with Gasteiger partial charge in [0.15, 0.2) is 0 Å². The number of nitrogens with one attached hydrogen (secondary N) is 1. The number of likely N-dealkylation sites (tertiary alicyclic amines) is 1. The lowest BCUT2D eigenvalue weighted by Crippen LogP contribution is -2.56.